The molecule has 0 spiro atoms. The molecule has 0 unspecified atom stereocenters. The second-order valence-corrected chi connectivity index (χ2v) is 6.15. The van der Waals surface area contributed by atoms with Crippen LogP contribution < -0.4 is 16.4 Å². The minimum Gasteiger partial charge on any atom is -0.337 e. The predicted octanol–water partition coefficient (Wildman–Crippen LogP) is 1.07. The normalized spacial score (nSPS) is 42.5. The lowest BCUT2D eigenvalue weighted by Crippen LogP contribution is -2.57. The lowest BCUT2D eigenvalue weighted by molar-refractivity contribution is -0.00939. The molecule has 4 saturated carbocycles. The van der Waals surface area contributed by atoms with Gasteiger partial charge in [-0.1, -0.05) is 0 Å². The van der Waals surface area contributed by atoms with Gasteiger partial charge in [0.05, 0.1) is 0 Å². The van der Waals surface area contributed by atoms with E-state index in [2.05, 4.69) is 10.6 Å². The highest BCUT2D eigenvalue weighted by atomic mass is 16.2. The molecule has 0 atom stereocenters. The molecule has 17 heavy (non-hydrogen) atoms. The van der Waals surface area contributed by atoms with E-state index in [4.69, 9.17) is 5.73 Å². The van der Waals surface area contributed by atoms with E-state index in [1.165, 1.54) is 32.1 Å². The molecule has 4 rings (SSSR count). The quantitative estimate of drug-likeness (QED) is 0.687. The fraction of sp³-hybridized carbons (Fsp3) is 0.923. The van der Waals surface area contributed by atoms with E-state index in [-0.39, 0.29) is 6.03 Å². The molecule has 4 aliphatic rings. The van der Waals surface area contributed by atoms with Crippen LogP contribution in [0.5, 0.6) is 0 Å². The summed E-state index contributed by atoms with van der Waals surface area (Å²) in [7, 11) is 0. The first-order valence-electron chi connectivity index (χ1n) is 7.00. The average Bonchev–Trinajstić information content (AvgIpc) is 2.30. The van der Waals surface area contributed by atoms with Crippen molar-refractivity contribution in [1.29, 1.82) is 0 Å². The largest absolute Gasteiger partial charge is 0.337 e. The predicted molar refractivity (Wildman–Crippen MR) is 66.4 cm³/mol. The monoisotopic (exact) mass is 237 g/mol. The first kappa shape index (κ1) is 11.3. The molecule has 4 aliphatic carbocycles. The Labute approximate surface area is 103 Å². The second-order valence-electron chi connectivity index (χ2n) is 6.15. The summed E-state index contributed by atoms with van der Waals surface area (Å²) in [4.78, 5) is 11.7. The van der Waals surface area contributed by atoms with Crippen molar-refractivity contribution < 1.29 is 4.79 Å². The summed E-state index contributed by atoms with van der Waals surface area (Å²) in [6, 6.07) is 0.411. The zero-order chi connectivity index (χ0) is 11.8. The number of urea groups is 1. The van der Waals surface area contributed by atoms with Gasteiger partial charge >= 0.3 is 6.03 Å². The zero-order valence-electron chi connectivity index (χ0n) is 10.3. The van der Waals surface area contributed by atoms with Gasteiger partial charge in [0.25, 0.3) is 0 Å². The second kappa shape index (κ2) is 4.48. The van der Waals surface area contributed by atoms with Crippen LogP contribution in [0.4, 0.5) is 4.79 Å². The van der Waals surface area contributed by atoms with Crippen LogP contribution in [-0.2, 0) is 0 Å². The molecule has 4 fully saturated rings. The summed E-state index contributed by atoms with van der Waals surface area (Å²) >= 11 is 0. The summed E-state index contributed by atoms with van der Waals surface area (Å²) in [5.74, 6) is 3.41. The topological polar surface area (TPSA) is 67.1 Å². The maximum absolute atomic E-state index is 11.7. The van der Waals surface area contributed by atoms with Gasteiger partial charge in [-0.25, -0.2) is 4.79 Å². The Morgan fingerprint density at radius 2 is 1.65 bits per heavy atom. The minimum absolute atomic E-state index is 0.0204. The number of hydrogen-bond donors (Lipinski definition) is 3. The molecular weight excluding hydrogens is 214 g/mol. The van der Waals surface area contributed by atoms with E-state index >= 15 is 0 Å². The van der Waals surface area contributed by atoms with Crippen molar-refractivity contribution in [2.45, 2.75) is 38.1 Å². The van der Waals surface area contributed by atoms with Crippen LogP contribution in [0.3, 0.4) is 0 Å². The molecule has 4 bridgehead atoms. The van der Waals surface area contributed by atoms with Crippen molar-refractivity contribution in [3.63, 3.8) is 0 Å². The SMILES string of the molecule is NCCNC(=O)NC1C2CC3CC(C2)CC1C3. The number of carbonyl (C=O) groups is 1. The summed E-state index contributed by atoms with van der Waals surface area (Å²) < 4.78 is 0. The van der Waals surface area contributed by atoms with Crippen LogP contribution in [0.2, 0.25) is 0 Å². The van der Waals surface area contributed by atoms with Crippen molar-refractivity contribution in [2.24, 2.45) is 29.4 Å². The molecule has 4 N–H and O–H groups in total. The molecule has 0 aromatic carbocycles. The Bertz CT molecular complexity index is 277. The highest BCUT2D eigenvalue weighted by molar-refractivity contribution is 5.74. The van der Waals surface area contributed by atoms with Crippen LogP contribution in [0.15, 0.2) is 0 Å². The lowest BCUT2D eigenvalue weighted by atomic mass is 9.54. The number of nitrogens with two attached hydrogens (primary N) is 1. The number of rotatable bonds is 3. The van der Waals surface area contributed by atoms with Crippen LogP contribution in [0.1, 0.15) is 32.1 Å². The molecular formula is C13H23N3O. The van der Waals surface area contributed by atoms with Crippen LogP contribution in [-0.4, -0.2) is 25.2 Å². The first-order chi connectivity index (χ1) is 8.26. The summed E-state index contributed by atoms with van der Waals surface area (Å²) in [5, 5.41) is 6.01. The van der Waals surface area contributed by atoms with Gasteiger partial charge in [0, 0.05) is 19.1 Å². The molecule has 0 radical (unpaired) electrons. The highest BCUT2D eigenvalue weighted by Crippen LogP contribution is 2.53. The Morgan fingerprint density at radius 3 is 2.18 bits per heavy atom. The van der Waals surface area contributed by atoms with Gasteiger partial charge in [0.1, 0.15) is 0 Å². The van der Waals surface area contributed by atoms with Crippen molar-refractivity contribution in [3.8, 4) is 0 Å². The molecule has 0 saturated heterocycles. The smallest absolute Gasteiger partial charge is 0.315 e. The summed E-state index contributed by atoms with van der Waals surface area (Å²) in [6.07, 6.45) is 6.83. The van der Waals surface area contributed by atoms with Gasteiger partial charge in [0.15, 0.2) is 0 Å². The fourth-order valence-electron chi connectivity index (χ4n) is 4.55. The summed E-state index contributed by atoms with van der Waals surface area (Å²) in [5.41, 5.74) is 5.38. The number of nitrogens with one attached hydrogen (secondary N) is 2. The molecule has 4 nitrogen and oxygen atoms in total. The molecule has 2 amide bonds. The van der Waals surface area contributed by atoms with Crippen LogP contribution >= 0.6 is 0 Å². The van der Waals surface area contributed by atoms with Gasteiger partial charge in [-0.15, -0.1) is 0 Å². The number of amides is 2. The Balaban J connectivity index is 1.58. The average molecular weight is 237 g/mol. The van der Waals surface area contributed by atoms with E-state index in [1.807, 2.05) is 0 Å². The third-order valence-corrected chi connectivity index (χ3v) is 4.95. The number of carbonyl (C=O) groups excluding carboxylic acids is 1. The van der Waals surface area contributed by atoms with E-state index in [0.717, 1.165) is 23.7 Å². The van der Waals surface area contributed by atoms with Gasteiger partial charge in [-0.2, -0.15) is 0 Å². The van der Waals surface area contributed by atoms with Crippen molar-refractivity contribution >= 4 is 6.03 Å². The molecule has 4 heteroatoms. The molecule has 96 valence electrons. The van der Waals surface area contributed by atoms with Gasteiger partial charge in [-0.3, -0.25) is 0 Å². The Kier molecular flexibility index (Phi) is 2.99. The molecule has 0 heterocycles. The molecule has 0 aromatic rings. The Morgan fingerprint density at radius 1 is 1.06 bits per heavy atom. The van der Waals surface area contributed by atoms with Gasteiger partial charge in [-0.05, 0) is 55.8 Å². The van der Waals surface area contributed by atoms with Crippen molar-refractivity contribution in [2.75, 3.05) is 13.1 Å². The molecule has 0 aromatic heterocycles. The third kappa shape index (κ3) is 2.15. The minimum atomic E-state index is -0.0204. The first-order valence-corrected chi connectivity index (χ1v) is 7.00. The maximum atomic E-state index is 11.7. The van der Waals surface area contributed by atoms with Crippen molar-refractivity contribution in [1.82, 2.24) is 10.6 Å². The van der Waals surface area contributed by atoms with Crippen molar-refractivity contribution in [3.05, 3.63) is 0 Å². The molecule has 0 aliphatic heterocycles. The van der Waals surface area contributed by atoms with Gasteiger partial charge < -0.3 is 16.4 Å². The zero-order valence-corrected chi connectivity index (χ0v) is 10.3. The fourth-order valence-corrected chi connectivity index (χ4v) is 4.55. The number of hydrogen-bond acceptors (Lipinski definition) is 2. The van der Waals surface area contributed by atoms with Gasteiger partial charge in [0.2, 0.25) is 0 Å². The van der Waals surface area contributed by atoms with E-state index < -0.39 is 0 Å². The van der Waals surface area contributed by atoms with E-state index in [9.17, 15) is 4.79 Å². The Hall–Kier alpha value is -0.770. The highest BCUT2D eigenvalue weighted by Gasteiger charge is 2.48. The summed E-state index contributed by atoms with van der Waals surface area (Å²) in [6.45, 7) is 1.08. The van der Waals surface area contributed by atoms with E-state index in [1.54, 1.807) is 0 Å². The standard InChI is InChI=1S/C13H23N3O/c14-1-2-15-13(17)16-12-10-4-8-3-9(6-10)7-11(12)5-8/h8-12H,1-7,14H2,(H2,15,16,17). The third-order valence-electron chi connectivity index (χ3n) is 4.95. The van der Waals surface area contributed by atoms with Crippen LogP contribution in [0, 0.1) is 23.7 Å². The van der Waals surface area contributed by atoms with Crippen LogP contribution in [0.25, 0.3) is 0 Å². The maximum Gasteiger partial charge on any atom is 0.315 e. The van der Waals surface area contributed by atoms with E-state index in [0.29, 0.717) is 19.1 Å². The lowest BCUT2D eigenvalue weighted by Gasteiger charge is -2.54.